The Labute approximate surface area is 197 Å². The Kier molecular flexibility index (Phi) is 5.39. The van der Waals surface area contributed by atoms with Crippen LogP contribution >= 0.6 is 0 Å². The summed E-state index contributed by atoms with van der Waals surface area (Å²) in [5.74, 6) is -0.618. The third-order valence-electron chi connectivity index (χ3n) is 10.1. The van der Waals surface area contributed by atoms with Gasteiger partial charge in [-0.3, -0.25) is 9.59 Å². The van der Waals surface area contributed by atoms with Gasteiger partial charge in [0.15, 0.2) is 5.78 Å². The van der Waals surface area contributed by atoms with E-state index in [0.29, 0.717) is 6.42 Å². The molecule has 0 aromatic rings. The number of hydrogen-bond acceptors (Lipinski definition) is 4. The van der Waals surface area contributed by atoms with E-state index in [2.05, 4.69) is 32.9 Å². The lowest BCUT2D eigenvalue weighted by Crippen LogP contribution is -2.64. The second kappa shape index (κ2) is 7.41. The van der Waals surface area contributed by atoms with E-state index in [9.17, 15) is 19.5 Å². The molecule has 0 spiro atoms. The summed E-state index contributed by atoms with van der Waals surface area (Å²) in [6, 6.07) is 0. The molecule has 0 heterocycles. The molecule has 2 fully saturated rings. The van der Waals surface area contributed by atoms with Gasteiger partial charge in [-0.2, -0.15) is 0 Å². The van der Waals surface area contributed by atoms with Crippen LogP contribution in [0.5, 0.6) is 0 Å². The van der Waals surface area contributed by atoms with Crippen LogP contribution < -0.4 is 0 Å². The third kappa shape index (κ3) is 3.21. The van der Waals surface area contributed by atoms with Gasteiger partial charge in [-0.05, 0) is 67.3 Å². The highest BCUT2D eigenvalue weighted by Crippen LogP contribution is 2.72. The minimum absolute atomic E-state index is 0.0840. The van der Waals surface area contributed by atoms with E-state index in [1.165, 1.54) is 18.6 Å². The first kappa shape index (κ1) is 24.0. The molecule has 0 bridgehead atoms. The highest BCUT2D eigenvalue weighted by atomic mass is 16.5. The molecule has 0 aromatic heterocycles. The average molecular weight is 455 g/mol. The van der Waals surface area contributed by atoms with Gasteiger partial charge in [0.25, 0.3) is 0 Å². The van der Waals surface area contributed by atoms with Crippen LogP contribution in [0.15, 0.2) is 35.5 Å². The molecular formula is C28H38O5. The van der Waals surface area contributed by atoms with Crippen molar-refractivity contribution in [3.63, 3.8) is 0 Å². The minimum atomic E-state index is -0.908. The summed E-state index contributed by atoms with van der Waals surface area (Å²) >= 11 is 0. The number of carboxylic acids is 1. The summed E-state index contributed by atoms with van der Waals surface area (Å²) in [6.07, 6.45) is 10.6. The Balaban J connectivity index is 1.85. The third-order valence-corrected chi connectivity index (χ3v) is 10.1. The number of esters is 1. The molecular weight excluding hydrogens is 416 g/mol. The van der Waals surface area contributed by atoms with Gasteiger partial charge < -0.3 is 9.84 Å². The van der Waals surface area contributed by atoms with Crippen molar-refractivity contribution in [2.45, 2.75) is 80.3 Å². The molecule has 1 N–H and O–H groups in total. The highest BCUT2D eigenvalue weighted by Gasteiger charge is 2.68. The van der Waals surface area contributed by atoms with Crippen LogP contribution in [-0.4, -0.2) is 28.9 Å². The Bertz CT molecular complexity index is 1000. The average Bonchev–Trinajstić information content (AvgIpc) is 3.05. The van der Waals surface area contributed by atoms with E-state index in [0.717, 1.165) is 24.8 Å². The predicted octanol–water partition coefficient (Wildman–Crippen LogP) is 5.51. The van der Waals surface area contributed by atoms with Gasteiger partial charge in [-0.25, -0.2) is 4.79 Å². The molecule has 0 radical (unpaired) electrons. The first-order valence-electron chi connectivity index (χ1n) is 12.2. The molecule has 33 heavy (non-hydrogen) atoms. The normalized spacial score (nSPS) is 43.8. The molecule has 180 valence electrons. The van der Waals surface area contributed by atoms with Crippen molar-refractivity contribution in [1.82, 2.24) is 0 Å². The maximum atomic E-state index is 12.9. The van der Waals surface area contributed by atoms with Gasteiger partial charge in [0.1, 0.15) is 6.10 Å². The second-order valence-corrected chi connectivity index (χ2v) is 12.1. The molecule has 4 aliphatic rings. The molecule has 0 unspecified atom stereocenters. The number of ketones is 1. The number of rotatable bonds is 3. The zero-order valence-electron chi connectivity index (χ0n) is 21.0. The van der Waals surface area contributed by atoms with Gasteiger partial charge in [0.05, 0.1) is 0 Å². The first-order valence-corrected chi connectivity index (χ1v) is 12.2. The zero-order valence-corrected chi connectivity index (χ0v) is 21.0. The monoisotopic (exact) mass is 454 g/mol. The molecule has 0 saturated heterocycles. The molecule has 7 atom stereocenters. The number of carbonyl (C=O) groups is 3. The van der Waals surface area contributed by atoms with E-state index < -0.39 is 11.4 Å². The lowest BCUT2D eigenvalue weighted by Gasteiger charge is -2.66. The SMILES string of the molecule is CC(=O)O[C@@H]1C[C@H]2C(C)(C)C(=O)C=C[C@]2(C)[C@H]2CC[C@]3(C)C(=CC[C@H]3/C(C)=C/C(=O)O)[C@@]21C. The van der Waals surface area contributed by atoms with E-state index >= 15 is 0 Å². The topological polar surface area (TPSA) is 80.7 Å². The van der Waals surface area contributed by atoms with E-state index in [4.69, 9.17) is 4.74 Å². The highest BCUT2D eigenvalue weighted by molar-refractivity contribution is 5.95. The number of carbonyl (C=O) groups excluding carboxylic acids is 2. The zero-order chi connectivity index (χ0) is 24.6. The van der Waals surface area contributed by atoms with E-state index in [1.807, 2.05) is 20.8 Å². The fraction of sp³-hybridized carbons (Fsp3) is 0.679. The summed E-state index contributed by atoms with van der Waals surface area (Å²) < 4.78 is 6.08. The van der Waals surface area contributed by atoms with Crippen molar-refractivity contribution in [3.8, 4) is 0 Å². The van der Waals surface area contributed by atoms with Crippen molar-refractivity contribution in [1.29, 1.82) is 0 Å². The maximum absolute atomic E-state index is 12.9. The lowest BCUT2D eigenvalue weighted by atomic mass is 9.38. The molecule has 2 saturated carbocycles. The van der Waals surface area contributed by atoms with Crippen LogP contribution in [0.4, 0.5) is 0 Å². The van der Waals surface area contributed by atoms with Gasteiger partial charge in [0.2, 0.25) is 0 Å². The van der Waals surface area contributed by atoms with Crippen LogP contribution in [0, 0.1) is 39.4 Å². The van der Waals surface area contributed by atoms with Crippen molar-refractivity contribution >= 4 is 17.7 Å². The van der Waals surface area contributed by atoms with E-state index in [1.54, 1.807) is 6.08 Å². The number of fused-ring (bicyclic) bond motifs is 5. The van der Waals surface area contributed by atoms with Crippen LogP contribution in [-0.2, 0) is 19.1 Å². The molecule has 5 heteroatoms. The standard InChI is InChI=1S/C28H38O5/c1-16(14-24(31)32)18-8-9-19-26(18,5)12-10-20-27(6)13-11-22(30)25(3,4)21(27)15-23(28(19,20)7)33-17(2)29/h9,11,13-14,18,20-21,23H,8,10,12,15H2,1-7H3,(H,31,32)/b16-14+/t18-,20+,21-,23+,26-,27+,28-/m0/s1. The minimum Gasteiger partial charge on any atom is -0.478 e. The molecule has 4 aliphatic carbocycles. The first-order chi connectivity index (χ1) is 15.2. The van der Waals surface area contributed by atoms with E-state index in [-0.39, 0.29) is 51.9 Å². The number of allylic oxidation sites excluding steroid dienone is 4. The van der Waals surface area contributed by atoms with Gasteiger partial charge >= 0.3 is 11.9 Å². The summed E-state index contributed by atoms with van der Waals surface area (Å²) in [4.78, 5) is 36.5. The summed E-state index contributed by atoms with van der Waals surface area (Å²) in [5.41, 5.74) is 0.956. The predicted molar refractivity (Wildman–Crippen MR) is 126 cm³/mol. The summed E-state index contributed by atoms with van der Waals surface area (Å²) in [7, 11) is 0. The van der Waals surface area contributed by atoms with Crippen molar-refractivity contribution in [2.24, 2.45) is 39.4 Å². The largest absolute Gasteiger partial charge is 0.478 e. The number of hydrogen-bond donors (Lipinski definition) is 1. The fourth-order valence-electron chi connectivity index (χ4n) is 8.60. The number of aliphatic carboxylic acids is 1. The Morgan fingerprint density at radius 3 is 2.39 bits per heavy atom. The smallest absolute Gasteiger partial charge is 0.328 e. The maximum Gasteiger partial charge on any atom is 0.328 e. The molecule has 0 amide bonds. The van der Waals surface area contributed by atoms with Crippen LogP contribution in [0.2, 0.25) is 0 Å². The van der Waals surface area contributed by atoms with Gasteiger partial charge in [-0.1, -0.05) is 57.9 Å². The molecule has 4 rings (SSSR count). The molecule has 5 nitrogen and oxygen atoms in total. The summed E-state index contributed by atoms with van der Waals surface area (Å²) in [6.45, 7) is 14.3. The van der Waals surface area contributed by atoms with Crippen LogP contribution in [0.25, 0.3) is 0 Å². The lowest BCUT2D eigenvalue weighted by molar-refractivity contribution is -0.187. The second-order valence-electron chi connectivity index (χ2n) is 12.1. The van der Waals surface area contributed by atoms with Crippen molar-refractivity contribution in [3.05, 3.63) is 35.5 Å². The summed E-state index contributed by atoms with van der Waals surface area (Å²) in [5, 5.41) is 9.35. The van der Waals surface area contributed by atoms with Crippen LogP contribution in [0.3, 0.4) is 0 Å². The Hall–Kier alpha value is -2.17. The van der Waals surface area contributed by atoms with Gasteiger partial charge in [0, 0.05) is 23.8 Å². The van der Waals surface area contributed by atoms with Crippen molar-refractivity contribution < 1.29 is 24.2 Å². The Morgan fingerprint density at radius 2 is 1.79 bits per heavy atom. The fourth-order valence-corrected chi connectivity index (χ4v) is 8.60. The van der Waals surface area contributed by atoms with Gasteiger partial charge in [-0.15, -0.1) is 0 Å². The Morgan fingerprint density at radius 1 is 1.12 bits per heavy atom. The number of carboxylic acid groups (broad SMARTS) is 1. The quantitative estimate of drug-likeness (QED) is 0.345. The molecule has 0 aliphatic heterocycles. The van der Waals surface area contributed by atoms with Crippen LogP contribution in [0.1, 0.15) is 74.1 Å². The molecule has 0 aromatic carbocycles. The van der Waals surface area contributed by atoms with Crippen molar-refractivity contribution in [2.75, 3.05) is 0 Å². The number of ether oxygens (including phenoxy) is 1.